The van der Waals surface area contributed by atoms with Gasteiger partial charge in [0.25, 0.3) is 0 Å². The first kappa shape index (κ1) is 17.7. The zero-order valence-electron chi connectivity index (χ0n) is 12.0. The van der Waals surface area contributed by atoms with Crippen LogP contribution in [0, 0.1) is 11.7 Å². The second-order valence-electron chi connectivity index (χ2n) is 4.95. The second-order valence-corrected chi connectivity index (χ2v) is 4.95. The molecule has 1 aromatic carbocycles. The van der Waals surface area contributed by atoms with Crippen molar-refractivity contribution in [2.24, 2.45) is 10.9 Å². The van der Waals surface area contributed by atoms with Crippen molar-refractivity contribution in [3.05, 3.63) is 30.1 Å². The van der Waals surface area contributed by atoms with E-state index in [1.165, 1.54) is 12.1 Å². The molecule has 0 heterocycles. The summed E-state index contributed by atoms with van der Waals surface area (Å²) >= 11 is 0. The number of aliphatic imine (C=N–C) groups is 1. The molecule has 0 aliphatic heterocycles. The van der Waals surface area contributed by atoms with Crippen LogP contribution in [0.1, 0.15) is 13.3 Å². The first-order valence-corrected chi connectivity index (χ1v) is 6.61. The monoisotopic (exact) mass is 406 g/mol. The van der Waals surface area contributed by atoms with E-state index >= 15 is 0 Å². The van der Waals surface area contributed by atoms with Crippen LogP contribution in [-0.2, 0) is 4.79 Å². The number of hydrogen-bond acceptors (Lipinski definition) is 2. The van der Waals surface area contributed by atoms with Gasteiger partial charge in [-0.3, -0.25) is 9.79 Å². The van der Waals surface area contributed by atoms with E-state index in [1.807, 2.05) is 0 Å². The molecule has 1 saturated carbocycles. The summed E-state index contributed by atoms with van der Waals surface area (Å²) in [5.41, 5.74) is 0.440. The van der Waals surface area contributed by atoms with Crippen LogP contribution < -0.4 is 16.0 Å². The lowest BCUT2D eigenvalue weighted by Crippen LogP contribution is -2.42. The van der Waals surface area contributed by atoms with Crippen LogP contribution in [0.25, 0.3) is 0 Å². The molecule has 5 nitrogen and oxygen atoms in total. The summed E-state index contributed by atoms with van der Waals surface area (Å²) in [5.74, 6) is 0.627. The summed E-state index contributed by atoms with van der Waals surface area (Å²) in [4.78, 5) is 15.8. The molecular formula is C14H20FIN4O. The Morgan fingerprint density at radius 2 is 2.19 bits per heavy atom. The lowest BCUT2D eigenvalue weighted by molar-refractivity contribution is -0.115. The number of carbonyl (C=O) groups is 1. The molecule has 1 aromatic rings. The van der Waals surface area contributed by atoms with Crippen molar-refractivity contribution in [2.75, 3.05) is 18.9 Å². The van der Waals surface area contributed by atoms with Gasteiger partial charge in [-0.05, 0) is 30.5 Å². The summed E-state index contributed by atoms with van der Waals surface area (Å²) < 4.78 is 13.0. The van der Waals surface area contributed by atoms with Crippen LogP contribution in [-0.4, -0.2) is 31.5 Å². The van der Waals surface area contributed by atoms with Crippen LogP contribution in [0.3, 0.4) is 0 Å². The van der Waals surface area contributed by atoms with Gasteiger partial charge in [0, 0.05) is 18.8 Å². The molecule has 1 amide bonds. The van der Waals surface area contributed by atoms with Crippen molar-refractivity contribution in [3.63, 3.8) is 0 Å². The maximum Gasteiger partial charge on any atom is 0.243 e. The molecular weight excluding hydrogens is 386 g/mol. The standard InChI is InChI=1S/C14H19FN4O.HI/c1-9-6-12(9)19-14(16-2)17-8-13(20)18-11-5-3-4-10(15)7-11;/h3-5,7,9,12H,6,8H2,1-2H3,(H,18,20)(H2,16,17,19);1H. The maximum atomic E-state index is 13.0. The van der Waals surface area contributed by atoms with Gasteiger partial charge in [0.05, 0.1) is 6.54 Å². The van der Waals surface area contributed by atoms with E-state index in [9.17, 15) is 9.18 Å². The number of guanidine groups is 1. The van der Waals surface area contributed by atoms with E-state index in [0.717, 1.165) is 6.42 Å². The largest absolute Gasteiger partial charge is 0.353 e. The maximum absolute atomic E-state index is 13.0. The first-order chi connectivity index (χ1) is 9.58. The van der Waals surface area contributed by atoms with Crippen molar-refractivity contribution >= 4 is 41.5 Å². The predicted octanol–water partition coefficient (Wildman–Crippen LogP) is 1.96. The number of nitrogens with zero attached hydrogens (tertiary/aromatic N) is 1. The minimum Gasteiger partial charge on any atom is -0.353 e. The van der Waals surface area contributed by atoms with Crippen molar-refractivity contribution in [3.8, 4) is 0 Å². The van der Waals surface area contributed by atoms with Gasteiger partial charge in [-0.2, -0.15) is 0 Å². The van der Waals surface area contributed by atoms with Crippen LogP contribution >= 0.6 is 24.0 Å². The van der Waals surface area contributed by atoms with Crippen LogP contribution in [0.15, 0.2) is 29.3 Å². The van der Waals surface area contributed by atoms with E-state index in [1.54, 1.807) is 19.2 Å². The number of nitrogens with one attached hydrogen (secondary N) is 3. The third-order valence-electron chi connectivity index (χ3n) is 3.18. The van der Waals surface area contributed by atoms with E-state index < -0.39 is 0 Å². The lowest BCUT2D eigenvalue weighted by atomic mass is 10.3. The first-order valence-electron chi connectivity index (χ1n) is 6.61. The molecule has 0 bridgehead atoms. The summed E-state index contributed by atoms with van der Waals surface area (Å²) in [6, 6.07) is 6.23. The molecule has 0 aromatic heterocycles. The van der Waals surface area contributed by atoms with Gasteiger partial charge in [0.1, 0.15) is 5.82 Å². The zero-order valence-corrected chi connectivity index (χ0v) is 14.4. The third-order valence-corrected chi connectivity index (χ3v) is 3.18. The molecule has 1 fully saturated rings. The number of rotatable bonds is 4. The highest BCUT2D eigenvalue weighted by Gasteiger charge is 2.33. The number of benzene rings is 1. The van der Waals surface area contributed by atoms with Crippen molar-refractivity contribution in [1.29, 1.82) is 0 Å². The van der Waals surface area contributed by atoms with Crippen LogP contribution in [0.2, 0.25) is 0 Å². The van der Waals surface area contributed by atoms with Gasteiger partial charge < -0.3 is 16.0 Å². The van der Waals surface area contributed by atoms with Crippen molar-refractivity contribution in [1.82, 2.24) is 10.6 Å². The van der Waals surface area contributed by atoms with Gasteiger partial charge >= 0.3 is 0 Å². The molecule has 3 N–H and O–H groups in total. The highest BCUT2D eigenvalue weighted by molar-refractivity contribution is 14.0. The number of hydrogen-bond donors (Lipinski definition) is 3. The van der Waals surface area contributed by atoms with E-state index in [2.05, 4.69) is 27.9 Å². The highest BCUT2D eigenvalue weighted by Crippen LogP contribution is 2.28. The summed E-state index contributed by atoms with van der Waals surface area (Å²) in [7, 11) is 1.66. The molecule has 2 atom stereocenters. The third kappa shape index (κ3) is 5.86. The molecule has 2 unspecified atom stereocenters. The Morgan fingerprint density at radius 1 is 1.48 bits per heavy atom. The Hall–Kier alpha value is -1.38. The van der Waals surface area contributed by atoms with E-state index in [0.29, 0.717) is 23.6 Å². The number of anilines is 1. The van der Waals surface area contributed by atoms with Crippen LogP contribution in [0.5, 0.6) is 0 Å². The Kier molecular flexibility index (Phi) is 6.86. The molecule has 0 saturated heterocycles. The van der Waals surface area contributed by atoms with Gasteiger partial charge in [-0.15, -0.1) is 24.0 Å². The molecule has 1 aliphatic carbocycles. The molecule has 1 aliphatic rings. The Bertz CT molecular complexity index is 523. The predicted molar refractivity (Wildman–Crippen MR) is 92.5 cm³/mol. The topological polar surface area (TPSA) is 65.5 Å². The summed E-state index contributed by atoms with van der Waals surface area (Å²) in [6.45, 7) is 2.24. The molecule has 7 heteroatoms. The molecule has 116 valence electrons. The minimum absolute atomic E-state index is 0. The average Bonchev–Trinajstić information content (AvgIpc) is 3.10. The summed E-state index contributed by atoms with van der Waals surface area (Å²) in [6.07, 6.45) is 1.12. The fraction of sp³-hybridized carbons (Fsp3) is 0.429. The quantitative estimate of drug-likeness (QED) is 0.407. The van der Waals surface area contributed by atoms with E-state index in [-0.39, 0.29) is 42.2 Å². The number of halogens is 2. The van der Waals surface area contributed by atoms with Crippen LogP contribution in [0.4, 0.5) is 10.1 Å². The molecule has 21 heavy (non-hydrogen) atoms. The number of carbonyl (C=O) groups excluding carboxylic acids is 1. The van der Waals surface area contributed by atoms with E-state index in [4.69, 9.17) is 0 Å². The Balaban J connectivity index is 0.00000220. The second kappa shape index (κ2) is 8.16. The van der Waals surface area contributed by atoms with Gasteiger partial charge in [-0.25, -0.2) is 4.39 Å². The zero-order chi connectivity index (χ0) is 14.5. The van der Waals surface area contributed by atoms with Gasteiger partial charge in [0.2, 0.25) is 5.91 Å². The van der Waals surface area contributed by atoms with Crippen molar-refractivity contribution < 1.29 is 9.18 Å². The molecule has 0 radical (unpaired) electrons. The fourth-order valence-electron chi connectivity index (χ4n) is 1.83. The van der Waals surface area contributed by atoms with Gasteiger partial charge in [-0.1, -0.05) is 13.0 Å². The Labute approximate surface area is 140 Å². The fourth-order valence-corrected chi connectivity index (χ4v) is 1.83. The highest BCUT2D eigenvalue weighted by atomic mass is 127. The number of amides is 1. The van der Waals surface area contributed by atoms with Gasteiger partial charge in [0.15, 0.2) is 5.96 Å². The Morgan fingerprint density at radius 3 is 2.76 bits per heavy atom. The van der Waals surface area contributed by atoms with Crippen molar-refractivity contribution in [2.45, 2.75) is 19.4 Å². The lowest BCUT2D eigenvalue weighted by Gasteiger charge is -2.11. The minimum atomic E-state index is -0.379. The normalized spacial score (nSPS) is 20.2. The molecule has 2 rings (SSSR count). The molecule has 0 spiro atoms. The average molecular weight is 406 g/mol. The SMILES string of the molecule is CN=C(NCC(=O)Nc1cccc(F)c1)NC1CC1C.I. The summed E-state index contributed by atoms with van der Waals surface area (Å²) in [5, 5.41) is 8.76. The smallest absolute Gasteiger partial charge is 0.243 e.